The Kier molecular flexibility index (Phi) is 3.52. The Morgan fingerprint density at radius 2 is 2.29 bits per heavy atom. The van der Waals surface area contributed by atoms with Gasteiger partial charge in [-0.1, -0.05) is 22.9 Å². The Morgan fingerprint density at radius 3 is 2.95 bits per heavy atom. The zero-order valence-corrected chi connectivity index (χ0v) is 12.8. The zero-order chi connectivity index (χ0) is 15.0. The van der Waals surface area contributed by atoms with Gasteiger partial charge in [0.1, 0.15) is 10.9 Å². The Bertz CT molecular complexity index is 827. The average molecular weight is 323 g/mol. The van der Waals surface area contributed by atoms with E-state index in [9.17, 15) is 4.79 Å². The monoisotopic (exact) mass is 322 g/mol. The number of nitrogens with zero attached hydrogens (tertiary/aromatic N) is 3. The molecule has 6 nitrogen and oxygen atoms in total. The molecule has 0 bridgehead atoms. The Labute approximate surface area is 129 Å². The van der Waals surface area contributed by atoms with E-state index >= 15 is 0 Å². The van der Waals surface area contributed by atoms with Crippen LogP contribution in [0.3, 0.4) is 0 Å². The molecule has 0 aliphatic heterocycles. The number of anilines is 1. The van der Waals surface area contributed by atoms with Gasteiger partial charge in [-0.3, -0.25) is 14.8 Å². The number of hydrogen-bond donors (Lipinski definition) is 1. The number of aromatic nitrogens is 3. The van der Waals surface area contributed by atoms with Crippen molar-refractivity contribution in [3.8, 4) is 5.75 Å². The van der Waals surface area contributed by atoms with Crippen LogP contribution in [0.2, 0.25) is 5.15 Å². The lowest BCUT2D eigenvalue weighted by molar-refractivity contribution is 0.102. The number of carbonyl (C=O) groups is 1. The number of benzene rings is 1. The highest BCUT2D eigenvalue weighted by molar-refractivity contribution is 7.22. The number of nitrogens with one attached hydrogen (secondary N) is 1. The molecule has 1 N–H and O–H groups in total. The molecule has 0 spiro atoms. The largest absolute Gasteiger partial charge is 0.497 e. The Hall–Kier alpha value is -2.12. The predicted octanol–water partition coefficient (Wildman–Crippen LogP) is 2.94. The summed E-state index contributed by atoms with van der Waals surface area (Å²) in [6, 6.07) is 5.54. The minimum absolute atomic E-state index is 0.287. The second-order valence-electron chi connectivity index (χ2n) is 4.28. The maximum Gasteiger partial charge on any atom is 0.262 e. The normalized spacial score (nSPS) is 10.8. The van der Waals surface area contributed by atoms with Crippen LogP contribution in [0, 0.1) is 0 Å². The molecule has 3 aromatic rings. The molecule has 0 unspecified atom stereocenters. The third-order valence-corrected chi connectivity index (χ3v) is 4.31. The Balaban J connectivity index is 1.87. The van der Waals surface area contributed by atoms with Crippen molar-refractivity contribution in [3.63, 3.8) is 0 Å². The zero-order valence-electron chi connectivity index (χ0n) is 11.3. The molecule has 2 heterocycles. The predicted molar refractivity (Wildman–Crippen MR) is 82.3 cm³/mol. The number of ether oxygens (including phenoxy) is 1. The summed E-state index contributed by atoms with van der Waals surface area (Å²) in [5.74, 6) is 0.415. The maximum atomic E-state index is 12.1. The standard InChI is InChI=1S/C13H11ClN4O2S/c1-18-11(14)8(6-15-18)12(19)17-13-16-9-4-3-7(20-2)5-10(9)21-13/h3-6H,1-2H3,(H,16,17,19). The van der Waals surface area contributed by atoms with Crippen molar-refractivity contribution in [3.05, 3.63) is 35.1 Å². The summed E-state index contributed by atoms with van der Waals surface area (Å²) >= 11 is 7.36. The quantitative estimate of drug-likeness (QED) is 0.805. The minimum Gasteiger partial charge on any atom is -0.497 e. The van der Waals surface area contributed by atoms with Crippen LogP contribution in [-0.2, 0) is 7.05 Å². The van der Waals surface area contributed by atoms with Gasteiger partial charge in [0, 0.05) is 7.05 Å². The SMILES string of the molecule is COc1ccc2nc(NC(=O)c3cnn(C)c3Cl)sc2c1. The molecule has 108 valence electrons. The van der Waals surface area contributed by atoms with Crippen LogP contribution >= 0.6 is 22.9 Å². The molecule has 21 heavy (non-hydrogen) atoms. The molecule has 1 aromatic carbocycles. The third kappa shape index (κ3) is 2.57. The molecule has 0 atom stereocenters. The van der Waals surface area contributed by atoms with Gasteiger partial charge in [-0.15, -0.1) is 0 Å². The molecule has 1 amide bonds. The van der Waals surface area contributed by atoms with Crippen molar-refractivity contribution in [2.24, 2.45) is 7.05 Å². The summed E-state index contributed by atoms with van der Waals surface area (Å²) in [6.45, 7) is 0. The number of thiazole rings is 1. The fraction of sp³-hybridized carbons (Fsp3) is 0.154. The van der Waals surface area contributed by atoms with Crippen LogP contribution < -0.4 is 10.1 Å². The van der Waals surface area contributed by atoms with Crippen molar-refractivity contribution >= 4 is 44.2 Å². The fourth-order valence-corrected chi connectivity index (χ4v) is 2.89. The summed E-state index contributed by atoms with van der Waals surface area (Å²) in [7, 11) is 3.28. The van der Waals surface area contributed by atoms with Crippen molar-refractivity contribution in [2.75, 3.05) is 12.4 Å². The molecule has 0 aliphatic carbocycles. The fourth-order valence-electron chi connectivity index (χ4n) is 1.82. The molecule has 2 aromatic heterocycles. The minimum atomic E-state index is -0.334. The molecule has 0 radical (unpaired) electrons. The number of amides is 1. The summed E-state index contributed by atoms with van der Waals surface area (Å²) in [4.78, 5) is 16.5. The molecule has 0 saturated carbocycles. The van der Waals surface area contributed by atoms with Crippen LogP contribution in [0.5, 0.6) is 5.75 Å². The smallest absolute Gasteiger partial charge is 0.262 e. The molecule has 0 aliphatic rings. The lowest BCUT2D eigenvalue weighted by atomic mass is 10.3. The van der Waals surface area contributed by atoms with Gasteiger partial charge in [0.05, 0.1) is 29.1 Å². The topological polar surface area (TPSA) is 69.0 Å². The molecular weight excluding hydrogens is 312 g/mol. The van der Waals surface area contributed by atoms with E-state index in [-0.39, 0.29) is 11.1 Å². The highest BCUT2D eigenvalue weighted by Crippen LogP contribution is 2.29. The summed E-state index contributed by atoms with van der Waals surface area (Å²) in [6.07, 6.45) is 1.42. The van der Waals surface area contributed by atoms with E-state index in [2.05, 4.69) is 15.4 Å². The molecule has 8 heteroatoms. The van der Waals surface area contributed by atoms with Gasteiger partial charge >= 0.3 is 0 Å². The van der Waals surface area contributed by atoms with Crippen molar-refractivity contribution in [2.45, 2.75) is 0 Å². The number of halogens is 1. The second kappa shape index (κ2) is 5.34. The van der Waals surface area contributed by atoms with Crippen molar-refractivity contribution < 1.29 is 9.53 Å². The number of rotatable bonds is 3. The lowest BCUT2D eigenvalue weighted by Gasteiger charge is -1.99. The number of hydrogen-bond acceptors (Lipinski definition) is 5. The van der Waals surface area contributed by atoms with Gasteiger partial charge in [-0.2, -0.15) is 5.10 Å². The molecule has 0 saturated heterocycles. The van der Waals surface area contributed by atoms with E-state index in [4.69, 9.17) is 16.3 Å². The number of carbonyl (C=O) groups excluding carboxylic acids is 1. The first-order valence-electron chi connectivity index (χ1n) is 6.02. The first kappa shape index (κ1) is 13.8. The van der Waals surface area contributed by atoms with Crippen molar-refractivity contribution in [1.82, 2.24) is 14.8 Å². The number of methoxy groups -OCH3 is 1. The third-order valence-electron chi connectivity index (χ3n) is 2.93. The number of aryl methyl sites for hydroxylation is 1. The van der Waals surface area contributed by atoms with E-state index < -0.39 is 0 Å². The van der Waals surface area contributed by atoms with E-state index in [1.165, 1.54) is 22.2 Å². The van der Waals surface area contributed by atoms with Crippen LogP contribution in [0.15, 0.2) is 24.4 Å². The molecular formula is C13H11ClN4O2S. The summed E-state index contributed by atoms with van der Waals surface area (Å²) < 4.78 is 7.53. The van der Waals surface area contributed by atoms with E-state index in [1.807, 2.05) is 18.2 Å². The van der Waals surface area contributed by atoms with E-state index in [0.717, 1.165) is 16.0 Å². The van der Waals surface area contributed by atoms with Gasteiger partial charge in [0.15, 0.2) is 5.13 Å². The summed E-state index contributed by atoms with van der Waals surface area (Å²) in [5.41, 5.74) is 1.12. The van der Waals surface area contributed by atoms with E-state index in [1.54, 1.807) is 14.2 Å². The summed E-state index contributed by atoms with van der Waals surface area (Å²) in [5, 5.41) is 7.45. The molecule has 3 rings (SSSR count). The average Bonchev–Trinajstić information content (AvgIpc) is 3.01. The Morgan fingerprint density at radius 1 is 1.48 bits per heavy atom. The van der Waals surface area contributed by atoms with Crippen LogP contribution in [0.25, 0.3) is 10.2 Å². The highest BCUT2D eigenvalue weighted by atomic mass is 35.5. The number of fused-ring (bicyclic) bond motifs is 1. The second-order valence-corrected chi connectivity index (χ2v) is 5.67. The van der Waals surface area contributed by atoms with Crippen LogP contribution in [0.4, 0.5) is 5.13 Å². The highest BCUT2D eigenvalue weighted by Gasteiger charge is 2.16. The first-order valence-corrected chi connectivity index (χ1v) is 7.21. The van der Waals surface area contributed by atoms with Crippen LogP contribution in [0.1, 0.15) is 10.4 Å². The first-order chi connectivity index (χ1) is 10.1. The van der Waals surface area contributed by atoms with Gasteiger partial charge < -0.3 is 4.74 Å². The van der Waals surface area contributed by atoms with Crippen molar-refractivity contribution in [1.29, 1.82) is 0 Å². The molecule has 0 fully saturated rings. The van der Waals surface area contributed by atoms with E-state index in [0.29, 0.717) is 10.7 Å². The van der Waals surface area contributed by atoms with Gasteiger partial charge in [0.2, 0.25) is 0 Å². The lowest BCUT2D eigenvalue weighted by Crippen LogP contribution is -2.11. The van der Waals surface area contributed by atoms with Gasteiger partial charge in [-0.05, 0) is 18.2 Å². The maximum absolute atomic E-state index is 12.1. The van der Waals surface area contributed by atoms with Gasteiger partial charge in [-0.25, -0.2) is 4.98 Å². The van der Waals surface area contributed by atoms with Gasteiger partial charge in [0.25, 0.3) is 5.91 Å². The van der Waals surface area contributed by atoms with Crippen LogP contribution in [-0.4, -0.2) is 27.8 Å².